The van der Waals surface area contributed by atoms with E-state index in [9.17, 15) is 0 Å². The number of aryl methyl sites for hydroxylation is 1. The molecule has 1 aliphatic rings. The molecule has 3 rings (SSSR count). The van der Waals surface area contributed by atoms with E-state index < -0.39 is 0 Å². The minimum absolute atomic E-state index is 0.532. The summed E-state index contributed by atoms with van der Waals surface area (Å²) in [7, 11) is 0. The molecule has 0 spiro atoms. The summed E-state index contributed by atoms with van der Waals surface area (Å²) >= 11 is 0. The van der Waals surface area contributed by atoms with E-state index in [4.69, 9.17) is 4.74 Å². The van der Waals surface area contributed by atoms with Crippen molar-refractivity contribution < 1.29 is 4.74 Å². The molecule has 1 nitrogen and oxygen atoms in total. The average molecular weight is 359 g/mol. The average Bonchev–Trinajstić information content (AvgIpc) is 2.73. The van der Waals surface area contributed by atoms with Crippen LogP contribution < -0.4 is 4.74 Å². The first kappa shape index (κ1) is 19.3. The maximum Gasteiger partial charge on any atom is 0.119 e. The summed E-state index contributed by atoms with van der Waals surface area (Å²) < 4.78 is 5.54. The standard InChI is InChI=1S/C26H30O/c1-3-5-6-21-7-9-22(10-8-21)11-12-23-13-15-24(16-14-23)25-17-19-26(20-18-25)27-4-2/h3,7-10,17-20,23-24H,1,4-6,13-16H2,2H3. The van der Waals surface area contributed by atoms with Crippen molar-refractivity contribution in [2.45, 2.75) is 51.4 Å². The Labute approximate surface area is 164 Å². The molecule has 0 heterocycles. The van der Waals surface area contributed by atoms with E-state index in [0.29, 0.717) is 11.8 Å². The Kier molecular flexibility index (Phi) is 7.17. The van der Waals surface area contributed by atoms with Gasteiger partial charge >= 0.3 is 0 Å². The normalized spacial score (nSPS) is 19.0. The summed E-state index contributed by atoms with van der Waals surface area (Å²) in [6.45, 7) is 6.53. The molecule has 0 amide bonds. The highest BCUT2D eigenvalue weighted by molar-refractivity contribution is 5.37. The highest BCUT2D eigenvalue weighted by Crippen LogP contribution is 2.36. The molecular formula is C26H30O. The molecule has 0 bridgehead atoms. The van der Waals surface area contributed by atoms with Crippen LogP contribution in [0.4, 0.5) is 0 Å². The second-order valence-electron chi connectivity index (χ2n) is 7.34. The van der Waals surface area contributed by atoms with E-state index in [0.717, 1.165) is 30.8 Å². The van der Waals surface area contributed by atoms with E-state index in [2.05, 4.69) is 67.0 Å². The second-order valence-corrected chi connectivity index (χ2v) is 7.34. The Morgan fingerprint density at radius 1 is 1.00 bits per heavy atom. The number of hydrogen-bond acceptors (Lipinski definition) is 1. The van der Waals surface area contributed by atoms with Gasteiger partial charge in [-0.15, -0.1) is 6.58 Å². The smallest absolute Gasteiger partial charge is 0.119 e. The van der Waals surface area contributed by atoms with Crippen LogP contribution in [0.25, 0.3) is 0 Å². The monoisotopic (exact) mass is 358 g/mol. The van der Waals surface area contributed by atoms with Gasteiger partial charge in [-0.25, -0.2) is 0 Å². The summed E-state index contributed by atoms with van der Waals surface area (Å²) in [5, 5.41) is 0. The van der Waals surface area contributed by atoms with Crippen LogP contribution >= 0.6 is 0 Å². The molecule has 0 aromatic heterocycles. The zero-order valence-electron chi connectivity index (χ0n) is 16.4. The Morgan fingerprint density at radius 3 is 2.33 bits per heavy atom. The van der Waals surface area contributed by atoms with Crippen LogP contribution in [0.5, 0.6) is 5.75 Å². The van der Waals surface area contributed by atoms with Crippen LogP contribution in [-0.2, 0) is 6.42 Å². The molecule has 27 heavy (non-hydrogen) atoms. The summed E-state index contributed by atoms with van der Waals surface area (Å²) in [6.07, 6.45) is 8.92. The molecule has 2 aromatic carbocycles. The van der Waals surface area contributed by atoms with Crippen molar-refractivity contribution >= 4 is 0 Å². The SMILES string of the molecule is C=CCCc1ccc(C#CC2CCC(c3ccc(OCC)cc3)CC2)cc1. The molecule has 0 N–H and O–H groups in total. The van der Waals surface area contributed by atoms with E-state index in [1.807, 2.05) is 13.0 Å². The first-order valence-electron chi connectivity index (χ1n) is 10.2. The summed E-state index contributed by atoms with van der Waals surface area (Å²) in [5.74, 6) is 9.07. The van der Waals surface area contributed by atoms with Crippen molar-refractivity contribution in [3.05, 3.63) is 77.9 Å². The van der Waals surface area contributed by atoms with Crippen LogP contribution in [0.15, 0.2) is 61.2 Å². The van der Waals surface area contributed by atoms with Gasteiger partial charge in [0.25, 0.3) is 0 Å². The van der Waals surface area contributed by atoms with Gasteiger partial charge in [-0.3, -0.25) is 0 Å². The van der Waals surface area contributed by atoms with Gasteiger partial charge in [-0.2, -0.15) is 0 Å². The molecule has 140 valence electrons. The lowest BCUT2D eigenvalue weighted by molar-refractivity contribution is 0.339. The zero-order valence-corrected chi connectivity index (χ0v) is 16.4. The van der Waals surface area contributed by atoms with Gasteiger partial charge in [0.05, 0.1) is 6.61 Å². The number of rotatable bonds is 6. The van der Waals surface area contributed by atoms with Crippen molar-refractivity contribution in [3.63, 3.8) is 0 Å². The van der Waals surface area contributed by atoms with E-state index in [-0.39, 0.29) is 0 Å². The van der Waals surface area contributed by atoms with Crippen molar-refractivity contribution in [1.29, 1.82) is 0 Å². The highest BCUT2D eigenvalue weighted by atomic mass is 16.5. The van der Waals surface area contributed by atoms with Crippen molar-refractivity contribution in [2.24, 2.45) is 5.92 Å². The third-order valence-corrected chi connectivity index (χ3v) is 5.40. The van der Waals surface area contributed by atoms with Gasteiger partial charge < -0.3 is 4.74 Å². The van der Waals surface area contributed by atoms with E-state index in [1.165, 1.54) is 36.8 Å². The zero-order chi connectivity index (χ0) is 18.9. The maximum atomic E-state index is 5.54. The van der Waals surface area contributed by atoms with Gasteiger partial charge in [-0.1, -0.05) is 42.2 Å². The number of allylic oxidation sites excluding steroid dienone is 1. The topological polar surface area (TPSA) is 9.23 Å². The van der Waals surface area contributed by atoms with Crippen LogP contribution in [0.2, 0.25) is 0 Å². The number of benzene rings is 2. The number of ether oxygens (including phenoxy) is 1. The van der Waals surface area contributed by atoms with Gasteiger partial charge in [0.15, 0.2) is 0 Å². The summed E-state index contributed by atoms with van der Waals surface area (Å²) in [5.41, 5.74) is 3.93. The van der Waals surface area contributed by atoms with Crippen molar-refractivity contribution in [3.8, 4) is 17.6 Å². The molecule has 0 radical (unpaired) electrons. The predicted molar refractivity (Wildman–Crippen MR) is 114 cm³/mol. The minimum atomic E-state index is 0.532. The first-order valence-corrected chi connectivity index (χ1v) is 10.2. The predicted octanol–water partition coefficient (Wildman–Crippen LogP) is 6.53. The molecule has 1 aliphatic carbocycles. The minimum Gasteiger partial charge on any atom is -0.494 e. The van der Waals surface area contributed by atoms with E-state index >= 15 is 0 Å². The third kappa shape index (κ3) is 5.76. The molecule has 1 fully saturated rings. The first-order chi connectivity index (χ1) is 13.3. The molecule has 1 heteroatoms. The Hall–Kier alpha value is -2.46. The lowest BCUT2D eigenvalue weighted by Gasteiger charge is -2.26. The van der Waals surface area contributed by atoms with Crippen LogP contribution in [0.3, 0.4) is 0 Å². The molecule has 0 aliphatic heterocycles. The quantitative estimate of drug-likeness (QED) is 0.421. The fourth-order valence-corrected chi connectivity index (χ4v) is 3.78. The lowest BCUT2D eigenvalue weighted by Crippen LogP contribution is -2.12. The maximum absolute atomic E-state index is 5.54. The molecule has 1 saturated carbocycles. The second kappa shape index (κ2) is 10.0. The largest absolute Gasteiger partial charge is 0.494 e. The van der Waals surface area contributed by atoms with Crippen LogP contribution in [0.1, 0.15) is 61.6 Å². The molecule has 0 saturated heterocycles. The van der Waals surface area contributed by atoms with Gasteiger partial charge in [0, 0.05) is 11.5 Å². The van der Waals surface area contributed by atoms with Gasteiger partial charge in [0.1, 0.15) is 5.75 Å². The van der Waals surface area contributed by atoms with Gasteiger partial charge in [0.2, 0.25) is 0 Å². The Balaban J connectivity index is 1.51. The van der Waals surface area contributed by atoms with Crippen molar-refractivity contribution in [1.82, 2.24) is 0 Å². The molecule has 2 aromatic rings. The third-order valence-electron chi connectivity index (χ3n) is 5.40. The van der Waals surface area contributed by atoms with Crippen molar-refractivity contribution in [2.75, 3.05) is 6.61 Å². The van der Waals surface area contributed by atoms with E-state index in [1.54, 1.807) is 0 Å². The highest BCUT2D eigenvalue weighted by Gasteiger charge is 2.21. The number of hydrogen-bond donors (Lipinski definition) is 0. The Bertz CT molecular complexity index is 766. The fraction of sp³-hybridized carbons (Fsp3) is 0.385. The molecule has 0 atom stereocenters. The molecule has 0 unspecified atom stereocenters. The van der Waals surface area contributed by atoms with Crippen LogP contribution in [0, 0.1) is 17.8 Å². The molecular weight excluding hydrogens is 328 g/mol. The fourth-order valence-electron chi connectivity index (χ4n) is 3.78. The summed E-state index contributed by atoms with van der Waals surface area (Å²) in [4.78, 5) is 0. The summed E-state index contributed by atoms with van der Waals surface area (Å²) in [6, 6.07) is 17.3. The lowest BCUT2D eigenvalue weighted by atomic mass is 9.79. The van der Waals surface area contributed by atoms with Crippen LogP contribution in [-0.4, -0.2) is 6.61 Å². The Morgan fingerprint density at radius 2 is 1.70 bits per heavy atom. The van der Waals surface area contributed by atoms with Gasteiger partial charge in [-0.05, 0) is 86.8 Å².